The van der Waals surface area contributed by atoms with Crippen LogP contribution in [-0.4, -0.2) is 28.7 Å². The minimum absolute atomic E-state index is 0.0885. The molecule has 1 amide bonds. The second kappa shape index (κ2) is 6.76. The Balaban J connectivity index is 1.90. The summed E-state index contributed by atoms with van der Waals surface area (Å²) in [6.45, 7) is 5.34. The molecule has 122 valence electrons. The number of rotatable bonds is 4. The standard InChI is InChI=1S/C17H21N3O2S/c1-12(2)14-15(23-20-19-14)16(21)18-17(8-10-22-11-9-17)13-6-4-3-5-7-13/h3-7,12H,8-11H2,1-2H3,(H,18,21). The van der Waals surface area contributed by atoms with Crippen molar-refractivity contribution >= 4 is 17.4 Å². The Hall–Kier alpha value is -1.79. The third kappa shape index (κ3) is 3.28. The quantitative estimate of drug-likeness (QED) is 0.935. The summed E-state index contributed by atoms with van der Waals surface area (Å²) in [6.07, 6.45) is 1.54. The zero-order valence-corrected chi connectivity index (χ0v) is 14.2. The molecule has 0 bridgehead atoms. The lowest BCUT2D eigenvalue weighted by Crippen LogP contribution is -2.49. The number of aromatic nitrogens is 2. The fourth-order valence-electron chi connectivity index (χ4n) is 2.97. The van der Waals surface area contributed by atoms with Gasteiger partial charge in [0.2, 0.25) is 0 Å². The van der Waals surface area contributed by atoms with Crippen LogP contribution in [0.1, 0.15) is 53.5 Å². The van der Waals surface area contributed by atoms with E-state index in [1.807, 2.05) is 32.0 Å². The van der Waals surface area contributed by atoms with Gasteiger partial charge in [-0.15, -0.1) is 5.10 Å². The highest BCUT2D eigenvalue weighted by molar-refractivity contribution is 7.08. The molecule has 1 aromatic heterocycles. The predicted octanol–water partition coefficient (Wildman–Crippen LogP) is 3.10. The van der Waals surface area contributed by atoms with E-state index in [1.165, 1.54) is 0 Å². The van der Waals surface area contributed by atoms with Gasteiger partial charge in [0.15, 0.2) is 0 Å². The molecule has 23 heavy (non-hydrogen) atoms. The normalized spacial score (nSPS) is 17.2. The Morgan fingerprint density at radius 1 is 1.26 bits per heavy atom. The topological polar surface area (TPSA) is 64.1 Å². The number of amides is 1. The summed E-state index contributed by atoms with van der Waals surface area (Å²) >= 11 is 1.16. The van der Waals surface area contributed by atoms with E-state index in [4.69, 9.17) is 4.74 Å². The molecular formula is C17H21N3O2S. The number of carbonyl (C=O) groups excluding carboxylic acids is 1. The first kappa shape index (κ1) is 16.1. The van der Waals surface area contributed by atoms with E-state index in [0.717, 1.165) is 35.6 Å². The zero-order chi connectivity index (χ0) is 16.3. The Labute approximate surface area is 140 Å². The van der Waals surface area contributed by atoms with E-state index in [-0.39, 0.29) is 17.4 Å². The number of nitrogens with zero attached hydrogens (tertiary/aromatic N) is 2. The van der Waals surface area contributed by atoms with Gasteiger partial charge in [-0.1, -0.05) is 48.7 Å². The van der Waals surface area contributed by atoms with Crippen LogP contribution < -0.4 is 5.32 Å². The average molecular weight is 331 g/mol. The van der Waals surface area contributed by atoms with Crippen molar-refractivity contribution in [3.8, 4) is 0 Å². The van der Waals surface area contributed by atoms with Crippen LogP contribution in [0.4, 0.5) is 0 Å². The van der Waals surface area contributed by atoms with Crippen LogP contribution in [0.5, 0.6) is 0 Å². The first-order chi connectivity index (χ1) is 11.1. The molecule has 1 fully saturated rings. The molecule has 5 nitrogen and oxygen atoms in total. The van der Waals surface area contributed by atoms with Gasteiger partial charge in [0.05, 0.1) is 11.2 Å². The van der Waals surface area contributed by atoms with E-state index in [9.17, 15) is 4.79 Å². The zero-order valence-electron chi connectivity index (χ0n) is 13.4. The van der Waals surface area contributed by atoms with Crippen molar-refractivity contribution in [2.45, 2.75) is 38.1 Å². The highest BCUT2D eigenvalue weighted by Gasteiger charge is 2.37. The van der Waals surface area contributed by atoms with Crippen molar-refractivity contribution in [1.82, 2.24) is 14.9 Å². The van der Waals surface area contributed by atoms with E-state index in [0.29, 0.717) is 18.1 Å². The summed E-state index contributed by atoms with van der Waals surface area (Å²) in [5.41, 5.74) is 1.51. The summed E-state index contributed by atoms with van der Waals surface area (Å²) in [5, 5.41) is 7.37. The molecule has 0 saturated carbocycles. The molecule has 1 aliphatic rings. The predicted molar refractivity (Wildman–Crippen MR) is 89.6 cm³/mol. The summed E-state index contributed by atoms with van der Waals surface area (Å²) < 4.78 is 9.47. The first-order valence-electron chi connectivity index (χ1n) is 7.90. The third-order valence-corrected chi connectivity index (χ3v) is 5.03. The van der Waals surface area contributed by atoms with Gasteiger partial charge in [-0.2, -0.15) is 0 Å². The molecule has 0 spiro atoms. The van der Waals surface area contributed by atoms with E-state index >= 15 is 0 Å². The van der Waals surface area contributed by atoms with Crippen LogP contribution in [0, 0.1) is 0 Å². The molecule has 3 rings (SSSR count). The average Bonchev–Trinajstić information content (AvgIpc) is 3.07. The minimum Gasteiger partial charge on any atom is -0.381 e. The van der Waals surface area contributed by atoms with Crippen molar-refractivity contribution in [3.63, 3.8) is 0 Å². The number of carbonyl (C=O) groups is 1. The lowest BCUT2D eigenvalue weighted by atomic mass is 9.82. The Morgan fingerprint density at radius 3 is 2.61 bits per heavy atom. The summed E-state index contributed by atoms with van der Waals surface area (Å²) in [4.78, 5) is 13.5. The van der Waals surface area contributed by atoms with Crippen LogP contribution in [0.15, 0.2) is 30.3 Å². The van der Waals surface area contributed by atoms with Gasteiger partial charge in [-0.25, -0.2) is 0 Å². The number of ether oxygens (including phenoxy) is 1. The van der Waals surface area contributed by atoms with Crippen LogP contribution in [0.2, 0.25) is 0 Å². The van der Waals surface area contributed by atoms with Gasteiger partial charge in [-0.3, -0.25) is 4.79 Å². The molecule has 2 heterocycles. The largest absolute Gasteiger partial charge is 0.381 e. The SMILES string of the molecule is CC(C)c1nnsc1C(=O)NC1(c2ccccc2)CCOCC1. The molecule has 0 atom stereocenters. The van der Waals surface area contributed by atoms with Crippen molar-refractivity contribution in [2.24, 2.45) is 0 Å². The molecule has 0 radical (unpaired) electrons. The second-order valence-electron chi connectivity index (χ2n) is 6.16. The monoisotopic (exact) mass is 331 g/mol. The summed E-state index contributed by atoms with van der Waals surface area (Å²) in [7, 11) is 0. The summed E-state index contributed by atoms with van der Waals surface area (Å²) in [6, 6.07) is 10.1. The minimum atomic E-state index is -0.380. The lowest BCUT2D eigenvalue weighted by molar-refractivity contribution is 0.0346. The number of hydrogen-bond acceptors (Lipinski definition) is 5. The molecular weight excluding hydrogens is 310 g/mol. The fourth-order valence-corrected chi connectivity index (χ4v) is 3.68. The van der Waals surface area contributed by atoms with E-state index in [1.54, 1.807) is 0 Å². The number of benzene rings is 1. The maximum atomic E-state index is 12.9. The molecule has 0 unspecified atom stereocenters. The molecule has 0 aliphatic carbocycles. The smallest absolute Gasteiger partial charge is 0.265 e. The van der Waals surface area contributed by atoms with Crippen LogP contribution in [0.3, 0.4) is 0 Å². The lowest BCUT2D eigenvalue weighted by Gasteiger charge is -2.38. The Kier molecular flexibility index (Phi) is 4.73. The molecule has 6 heteroatoms. The maximum absolute atomic E-state index is 12.9. The van der Waals surface area contributed by atoms with Gasteiger partial charge >= 0.3 is 0 Å². The number of nitrogens with one attached hydrogen (secondary N) is 1. The molecule has 2 aromatic rings. The second-order valence-corrected chi connectivity index (χ2v) is 6.91. The highest BCUT2D eigenvalue weighted by atomic mass is 32.1. The van der Waals surface area contributed by atoms with Gasteiger partial charge in [-0.05, 0) is 35.9 Å². The summed E-state index contributed by atoms with van der Waals surface area (Å²) in [5.74, 6) is 0.0892. The van der Waals surface area contributed by atoms with Gasteiger partial charge < -0.3 is 10.1 Å². The molecule has 1 aliphatic heterocycles. The number of hydrogen-bond donors (Lipinski definition) is 1. The highest BCUT2D eigenvalue weighted by Crippen LogP contribution is 2.33. The Morgan fingerprint density at radius 2 is 1.96 bits per heavy atom. The Bertz CT molecular complexity index is 663. The van der Waals surface area contributed by atoms with Crippen LogP contribution in [0.25, 0.3) is 0 Å². The van der Waals surface area contributed by atoms with Crippen LogP contribution in [-0.2, 0) is 10.3 Å². The van der Waals surface area contributed by atoms with Crippen molar-refractivity contribution in [3.05, 3.63) is 46.5 Å². The van der Waals surface area contributed by atoms with Crippen LogP contribution >= 0.6 is 11.5 Å². The van der Waals surface area contributed by atoms with E-state index < -0.39 is 0 Å². The van der Waals surface area contributed by atoms with Crippen molar-refractivity contribution in [2.75, 3.05) is 13.2 Å². The van der Waals surface area contributed by atoms with Gasteiger partial charge in [0.1, 0.15) is 4.88 Å². The van der Waals surface area contributed by atoms with Crippen molar-refractivity contribution < 1.29 is 9.53 Å². The van der Waals surface area contributed by atoms with E-state index in [2.05, 4.69) is 27.0 Å². The maximum Gasteiger partial charge on any atom is 0.265 e. The van der Waals surface area contributed by atoms with Gasteiger partial charge in [0.25, 0.3) is 5.91 Å². The van der Waals surface area contributed by atoms with Gasteiger partial charge in [0, 0.05) is 13.2 Å². The fraction of sp³-hybridized carbons (Fsp3) is 0.471. The molecule has 1 saturated heterocycles. The first-order valence-corrected chi connectivity index (χ1v) is 8.68. The van der Waals surface area contributed by atoms with Crippen molar-refractivity contribution in [1.29, 1.82) is 0 Å². The third-order valence-electron chi connectivity index (χ3n) is 4.29. The molecule has 1 N–H and O–H groups in total. The molecule has 1 aromatic carbocycles.